The third-order valence-electron chi connectivity index (χ3n) is 5.38. The van der Waals surface area contributed by atoms with Crippen molar-refractivity contribution in [3.8, 4) is 0 Å². The van der Waals surface area contributed by atoms with E-state index >= 15 is 0 Å². The van der Waals surface area contributed by atoms with Crippen LogP contribution in [0, 0.1) is 20.8 Å². The zero-order chi connectivity index (χ0) is 20.8. The fraction of sp³-hybridized carbons (Fsp3) is 0.217. The van der Waals surface area contributed by atoms with Crippen molar-refractivity contribution in [3.05, 3.63) is 79.1 Å². The molecule has 2 aromatic heterocycles. The maximum atomic E-state index is 6.58. The third-order valence-corrected chi connectivity index (χ3v) is 7.75. The smallest absolute Gasteiger partial charge is 0.134 e. The molecule has 4 nitrogen and oxygen atoms in total. The number of thiophene rings is 2. The van der Waals surface area contributed by atoms with Gasteiger partial charge in [0.25, 0.3) is 0 Å². The summed E-state index contributed by atoms with van der Waals surface area (Å²) in [5, 5.41) is 8.22. The average molecular weight is 453 g/mol. The van der Waals surface area contributed by atoms with E-state index in [1.807, 2.05) is 35.9 Å². The number of rotatable bonds is 3. The Morgan fingerprint density at radius 3 is 2.53 bits per heavy atom. The molecule has 30 heavy (non-hydrogen) atoms. The number of hydrogen-bond donors (Lipinski definition) is 2. The molecule has 0 bridgehead atoms. The fourth-order valence-corrected chi connectivity index (χ4v) is 6.46. The first kappa shape index (κ1) is 19.5. The number of nitrogens with zero attached hydrogens (tertiary/aromatic N) is 2. The normalized spacial score (nSPS) is 20.3. The highest BCUT2D eigenvalue weighted by molar-refractivity contribution is 7.19. The summed E-state index contributed by atoms with van der Waals surface area (Å²) in [4.78, 5) is 13.5. The number of aliphatic imine (C=N–C) groups is 2. The number of aryl methyl sites for hydroxylation is 3. The van der Waals surface area contributed by atoms with E-state index in [9.17, 15) is 0 Å². The van der Waals surface area contributed by atoms with Crippen LogP contribution in [-0.2, 0) is 0 Å². The lowest BCUT2D eigenvalue weighted by atomic mass is 10.0. The maximum absolute atomic E-state index is 6.58. The molecule has 0 spiro atoms. The molecule has 152 valence electrons. The molecule has 3 aromatic rings. The van der Waals surface area contributed by atoms with E-state index in [1.54, 1.807) is 17.7 Å². The van der Waals surface area contributed by atoms with E-state index in [0.29, 0.717) is 5.02 Å². The number of nitrogens with one attached hydrogen (secondary N) is 2. The minimum Gasteiger partial charge on any atom is -0.353 e. The van der Waals surface area contributed by atoms with Crippen molar-refractivity contribution < 1.29 is 0 Å². The molecule has 0 aliphatic carbocycles. The highest BCUT2D eigenvalue weighted by Crippen LogP contribution is 2.41. The molecule has 2 aliphatic heterocycles. The molecule has 2 unspecified atom stereocenters. The van der Waals surface area contributed by atoms with Gasteiger partial charge in [-0.25, -0.2) is 0 Å². The van der Waals surface area contributed by atoms with E-state index in [4.69, 9.17) is 16.6 Å². The van der Waals surface area contributed by atoms with Gasteiger partial charge in [-0.2, -0.15) is 0 Å². The van der Waals surface area contributed by atoms with Crippen LogP contribution in [0.25, 0.3) is 10.1 Å². The Bertz CT molecular complexity index is 1250. The van der Waals surface area contributed by atoms with E-state index in [0.717, 1.165) is 16.8 Å². The topological polar surface area (TPSA) is 48.8 Å². The number of amidine groups is 1. The molecule has 0 fully saturated rings. The molecule has 0 amide bonds. The quantitative estimate of drug-likeness (QED) is 0.487. The zero-order valence-corrected chi connectivity index (χ0v) is 19.3. The molecule has 0 saturated heterocycles. The molecule has 2 atom stereocenters. The predicted molar refractivity (Wildman–Crippen MR) is 130 cm³/mol. The monoisotopic (exact) mass is 452 g/mol. The van der Waals surface area contributed by atoms with Gasteiger partial charge in [-0.3, -0.25) is 9.98 Å². The van der Waals surface area contributed by atoms with E-state index < -0.39 is 0 Å². The first-order valence-corrected chi connectivity index (χ1v) is 11.8. The largest absolute Gasteiger partial charge is 0.353 e. The zero-order valence-electron chi connectivity index (χ0n) is 16.9. The number of hydrogen-bond acceptors (Lipinski definition) is 6. The van der Waals surface area contributed by atoms with Gasteiger partial charge < -0.3 is 10.6 Å². The standard InChI is InChI=1S/C23H21ClN4S2/c1-12-8-16(13(2)29-12)19-5-7-26-23(28-19)18-10-15(24)9-17-21(14(3)30-22(17)18)20-4-6-25-11-27-20/h4-11,19-20H,1-3H3,(H,25,27)(H,26,28). The van der Waals surface area contributed by atoms with Crippen molar-refractivity contribution >= 4 is 56.5 Å². The van der Waals surface area contributed by atoms with Crippen LogP contribution in [-0.4, -0.2) is 12.2 Å². The van der Waals surface area contributed by atoms with E-state index in [2.05, 4.69) is 54.6 Å². The SMILES string of the molecule is Cc1cc(C2C=CNC(c3cc(Cl)cc4c(C5C=CNC=N5)c(C)sc34)=N2)c(C)s1. The van der Waals surface area contributed by atoms with Crippen LogP contribution in [0.5, 0.6) is 0 Å². The van der Waals surface area contributed by atoms with Crippen molar-refractivity contribution in [3.63, 3.8) is 0 Å². The summed E-state index contributed by atoms with van der Waals surface area (Å²) in [6.45, 7) is 6.46. The second kappa shape index (κ2) is 7.69. The van der Waals surface area contributed by atoms with Gasteiger partial charge in [-0.1, -0.05) is 11.6 Å². The van der Waals surface area contributed by atoms with Crippen molar-refractivity contribution in [1.29, 1.82) is 0 Å². The third kappa shape index (κ3) is 3.39. The van der Waals surface area contributed by atoms with Gasteiger partial charge in [0.05, 0.1) is 18.4 Å². The summed E-state index contributed by atoms with van der Waals surface area (Å²) in [7, 11) is 0. The van der Waals surface area contributed by atoms with Crippen molar-refractivity contribution in [2.24, 2.45) is 9.98 Å². The average Bonchev–Trinajstić information content (AvgIpc) is 3.25. The minimum absolute atomic E-state index is 0.00311. The summed E-state index contributed by atoms with van der Waals surface area (Å²) in [5.41, 5.74) is 3.52. The highest BCUT2D eigenvalue weighted by atomic mass is 35.5. The molecule has 5 rings (SSSR count). The Morgan fingerprint density at radius 1 is 0.967 bits per heavy atom. The van der Waals surface area contributed by atoms with Crippen molar-refractivity contribution in [1.82, 2.24) is 10.6 Å². The Kier molecular flexibility index (Phi) is 5.01. The molecular weight excluding hydrogens is 432 g/mol. The summed E-state index contributed by atoms with van der Waals surface area (Å²) < 4.78 is 1.19. The van der Waals surface area contributed by atoms with E-state index in [-0.39, 0.29) is 12.1 Å². The van der Waals surface area contributed by atoms with Gasteiger partial charge in [-0.05, 0) is 56.7 Å². The van der Waals surface area contributed by atoms with Crippen LogP contribution in [0.4, 0.5) is 0 Å². The van der Waals surface area contributed by atoms with Gasteiger partial charge in [0.1, 0.15) is 5.84 Å². The van der Waals surface area contributed by atoms with Crippen LogP contribution < -0.4 is 10.6 Å². The Labute approximate surface area is 188 Å². The van der Waals surface area contributed by atoms with Crippen LogP contribution in [0.2, 0.25) is 5.02 Å². The van der Waals surface area contributed by atoms with Gasteiger partial charge in [0.15, 0.2) is 0 Å². The van der Waals surface area contributed by atoms with Crippen LogP contribution in [0.15, 0.2) is 52.7 Å². The first-order chi connectivity index (χ1) is 14.5. The molecule has 0 saturated carbocycles. The Balaban J connectivity index is 1.64. The summed E-state index contributed by atoms with van der Waals surface area (Å²) in [6.07, 6.45) is 9.85. The second-order valence-corrected chi connectivity index (χ2v) is 10.6. The lowest BCUT2D eigenvalue weighted by Gasteiger charge is -2.18. The maximum Gasteiger partial charge on any atom is 0.134 e. The minimum atomic E-state index is -0.00311. The molecule has 2 N–H and O–H groups in total. The van der Waals surface area contributed by atoms with Crippen molar-refractivity contribution in [2.75, 3.05) is 0 Å². The summed E-state index contributed by atoms with van der Waals surface area (Å²) >= 11 is 10.2. The molecule has 2 aliphatic rings. The Hall–Kier alpha value is -2.41. The van der Waals surface area contributed by atoms with Gasteiger partial charge >= 0.3 is 0 Å². The van der Waals surface area contributed by atoms with Gasteiger partial charge in [0.2, 0.25) is 0 Å². The van der Waals surface area contributed by atoms with Crippen LogP contribution >= 0.6 is 34.3 Å². The number of fused-ring (bicyclic) bond motifs is 1. The predicted octanol–water partition coefficient (Wildman–Crippen LogP) is 6.33. The molecule has 7 heteroatoms. The van der Waals surface area contributed by atoms with Gasteiger partial charge in [-0.15, -0.1) is 22.7 Å². The first-order valence-electron chi connectivity index (χ1n) is 9.76. The van der Waals surface area contributed by atoms with Crippen LogP contribution in [0.1, 0.15) is 43.4 Å². The van der Waals surface area contributed by atoms with E-state index in [1.165, 1.54) is 30.5 Å². The molecule has 1 aromatic carbocycles. The highest BCUT2D eigenvalue weighted by Gasteiger charge is 2.23. The number of benzene rings is 1. The molecule has 0 radical (unpaired) electrons. The second-order valence-electron chi connectivity index (χ2n) is 7.45. The Morgan fingerprint density at radius 2 is 1.80 bits per heavy atom. The lowest BCUT2D eigenvalue weighted by molar-refractivity contribution is 0.870. The lowest BCUT2D eigenvalue weighted by Crippen LogP contribution is -2.23. The number of halogens is 1. The summed E-state index contributed by atoms with van der Waals surface area (Å²) in [5.74, 6) is 0.857. The van der Waals surface area contributed by atoms with Crippen LogP contribution in [0.3, 0.4) is 0 Å². The molecule has 4 heterocycles. The van der Waals surface area contributed by atoms with Gasteiger partial charge in [0, 0.05) is 53.3 Å². The summed E-state index contributed by atoms with van der Waals surface area (Å²) in [6, 6.07) is 6.31. The van der Waals surface area contributed by atoms with Crippen molar-refractivity contribution in [2.45, 2.75) is 32.9 Å². The fourth-order valence-electron chi connectivity index (χ4n) is 4.08. The molecular formula is C23H21ClN4S2.